The molecule has 0 aliphatic heterocycles. The first-order valence-electron chi connectivity index (χ1n) is 8.06. The monoisotopic (exact) mass is 429 g/mol. The highest BCUT2D eigenvalue weighted by atomic mass is 32.1. The van der Waals surface area contributed by atoms with Crippen LogP contribution in [0.2, 0.25) is 0 Å². The van der Waals surface area contributed by atoms with E-state index >= 15 is 0 Å². The summed E-state index contributed by atoms with van der Waals surface area (Å²) < 4.78 is 30.1. The van der Waals surface area contributed by atoms with Gasteiger partial charge in [-0.3, -0.25) is 14.9 Å². The Labute approximate surface area is 169 Å². The third-order valence-electron chi connectivity index (χ3n) is 4.06. The molecule has 0 saturated carbocycles. The first-order valence-corrected chi connectivity index (χ1v) is 9.69. The third-order valence-corrected chi connectivity index (χ3v) is 6.19. The lowest BCUT2D eigenvalue weighted by Gasteiger charge is -2.00. The smallest absolute Gasteiger partial charge is 0.289 e. The van der Waals surface area contributed by atoms with Gasteiger partial charge in [0.15, 0.2) is 10.6 Å². The zero-order valence-corrected chi connectivity index (χ0v) is 16.0. The summed E-state index contributed by atoms with van der Waals surface area (Å²) >= 11 is 2.08. The van der Waals surface area contributed by atoms with E-state index in [4.69, 9.17) is 6.42 Å². The molecule has 10 heteroatoms. The number of thiophene rings is 1. The molecule has 0 aliphatic carbocycles. The molecule has 29 heavy (non-hydrogen) atoms. The molecule has 0 saturated heterocycles. The van der Waals surface area contributed by atoms with Gasteiger partial charge < -0.3 is 4.57 Å². The average molecular weight is 429 g/mol. The standard InChI is InChI=1S/C19H9F2N3O3S2/c1-2-5-23-17-13(21)8-11(20)9-15(17)29-19(23)22-18(25)16-7-10-6-12(24(26)27)3-4-14(10)28-16/h1,3-4,6-9H,5H2. The summed E-state index contributed by atoms with van der Waals surface area (Å²) in [6, 6.07) is 7.70. The maximum absolute atomic E-state index is 14.2. The maximum Gasteiger partial charge on any atom is 0.289 e. The summed E-state index contributed by atoms with van der Waals surface area (Å²) in [4.78, 5) is 27.5. The minimum atomic E-state index is -0.797. The number of halogens is 2. The van der Waals surface area contributed by atoms with Gasteiger partial charge in [0.2, 0.25) is 0 Å². The van der Waals surface area contributed by atoms with E-state index < -0.39 is 22.5 Å². The molecule has 2 aromatic carbocycles. The van der Waals surface area contributed by atoms with E-state index in [1.807, 2.05) is 0 Å². The number of nitro benzene ring substituents is 1. The molecule has 4 rings (SSSR count). The Bertz CT molecular complexity index is 1430. The Balaban J connectivity index is 1.84. The van der Waals surface area contributed by atoms with Gasteiger partial charge in [-0.2, -0.15) is 4.99 Å². The highest BCUT2D eigenvalue weighted by Gasteiger charge is 2.16. The molecular formula is C19H9F2N3O3S2. The molecular weight excluding hydrogens is 420 g/mol. The predicted octanol–water partition coefficient (Wildman–Crippen LogP) is 4.48. The Morgan fingerprint density at radius 1 is 1.21 bits per heavy atom. The fourth-order valence-corrected chi connectivity index (χ4v) is 4.84. The van der Waals surface area contributed by atoms with Gasteiger partial charge in [-0.1, -0.05) is 17.3 Å². The van der Waals surface area contributed by atoms with E-state index in [2.05, 4.69) is 10.9 Å². The van der Waals surface area contributed by atoms with Gasteiger partial charge in [0.1, 0.15) is 5.82 Å². The maximum atomic E-state index is 14.2. The van der Waals surface area contributed by atoms with Crippen LogP contribution in [0.4, 0.5) is 14.5 Å². The molecule has 0 bridgehead atoms. The largest absolute Gasteiger partial charge is 0.302 e. The second kappa shape index (κ2) is 7.20. The van der Waals surface area contributed by atoms with Gasteiger partial charge in [0.25, 0.3) is 11.6 Å². The molecule has 0 N–H and O–H groups in total. The molecule has 2 aromatic heterocycles. The van der Waals surface area contributed by atoms with Crippen LogP contribution in [0.25, 0.3) is 20.3 Å². The molecule has 0 fully saturated rings. The number of terminal acetylenes is 1. The average Bonchev–Trinajstić information content (AvgIpc) is 3.23. The zero-order valence-electron chi connectivity index (χ0n) is 14.4. The summed E-state index contributed by atoms with van der Waals surface area (Å²) in [5.41, 5.74) is -0.00651. The quantitative estimate of drug-likeness (QED) is 0.274. The summed E-state index contributed by atoms with van der Waals surface area (Å²) in [6.45, 7) is -0.0483. The van der Waals surface area contributed by atoms with E-state index in [1.54, 1.807) is 6.07 Å². The van der Waals surface area contributed by atoms with Crippen molar-refractivity contribution in [3.63, 3.8) is 0 Å². The second-order valence-electron chi connectivity index (χ2n) is 5.92. The van der Waals surface area contributed by atoms with Crippen molar-refractivity contribution in [2.75, 3.05) is 0 Å². The van der Waals surface area contributed by atoms with E-state index in [0.717, 1.165) is 34.8 Å². The first-order chi connectivity index (χ1) is 13.9. The van der Waals surface area contributed by atoms with Gasteiger partial charge in [-0.05, 0) is 18.2 Å². The number of thiazole rings is 1. The van der Waals surface area contributed by atoms with Crippen molar-refractivity contribution in [1.29, 1.82) is 0 Å². The van der Waals surface area contributed by atoms with Crippen LogP contribution in [-0.4, -0.2) is 15.4 Å². The third kappa shape index (κ3) is 3.41. The van der Waals surface area contributed by atoms with Crippen LogP contribution in [0.5, 0.6) is 0 Å². The molecule has 4 aromatic rings. The Morgan fingerprint density at radius 2 is 2.00 bits per heavy atom. The van der Waals surface area contributed by atoms with Crippen LogP contribution in [0.15, 0.2) is 41.4 Å². The van der Waals surface area contributed by atoms with Gasteiger partial charge in [-0.25, -0.2) is 8.78 Å². The highest BCUT2D eigenvalue weighted by molar-refractivity contribution is 7.21. The lowest BCUT2D eigenvalue weighted by molar-refractivity contribution is -0.384. The summed E-state index contributed by atoms with van der Waals surface area (Å²) in [5.74, 6) is 0.229. The number of hydrogen-bond donors (Lipinski definition) is 0. The molecule has 6 nitrogen and oxygen atoms in total. The number of non-ortho nitro benzene ring substituents is 1. The van der Waals surface area contributed by atoms with E-state index in [-0.39, 0.29) is 32.1 Å². The van der Waals surface area contributed by atoms with Crippen molar-refractivity contribution < 1.29 is 18.5 Å². The van der Waals surface area contributed by atoms with E-state index in [0.29, 0.717) is 10.1 Å². The molecule has 0 aliphatic rings. The number of carbonyl (C=O) groups excluding carboxylic acids is 1. The number of nitro groups is 1. The number of nitrogens with zero attached hydrogens (tertiary/aromatic N) is 3. The molecule has 2 heterocycles. The molecule has 0 spiro atoms. The minimum Gasteiger partial charge on any atom is -0.302 e. The van der Waals surface area contributed by atoms with Crippen molar-refractivity contribution in [3.05, 3.63) is 67.8 Å². The highest BCUT2D eigenvalue weighted by Crippen LogP contribution is 2.29. The number of carbonyl (C=O) groups is 1. The van der Waals surface area contributed by atoms with Crippen LogP contribution in [-0.2, 0) is 6.54 Å². The molecule has 1 amide bonds. The second-order valence-corrected chi connectivity index (χ2v) is 8.01. The van der Waals surface area contributed by atoms with Crippen LogP contribution < -0.4 is 4.80 Å². The fourth-order valence-electron chi connectivity index (χ4n) is 2.84. The van der Waals surface area contributed by atoms with Crippen molar-refractivity contribution in [3.8, 4) is 12.3 Å². The van der Waals surface area contributed by atoms with Gasteiger partial charge in [0.05, 0.1) is 26.6 Å². The van der Waals surface area contributed by atoms with Crippen LogP contribution >= 0.6 is 22.7 Å². The lowest BCUT2D eigenvalue weighted by atomic mass is 10.2. The number of rotatable bonds is 3. The van der Waals surface area contributed by atoms with Crippen molar-refractivity contribution in [2.45, 2.75) is 6.54 Å². The number of aromatic nitrogens is 1. The zero-order chi connectivity index (χ0) is 20.7. The van der Waals surface area contributed by atoms with Gasteiger partial charge in [-0.15, -0.1) is 17.8 Å². The molecule has 0 atom stereocenters. The Kier molecular flexibility index (Phi) is 4.70. The number of amides is 1. The topological polar surface area (TPSA) is 77.5 Å². The van der Waals surface area contributed by atoms with Crippen molar-refractivity contribution in [2.24, 2.45) is 4.99 Å². The molecule has 0 unspecified atom stereocenters. The Hall–Kier alpha value is -3.42. The van der Waals surface area contributed by atoms with Crippen molar-refractivity contribution in [1.82, 2.24) is 4.57 Å². The Morgan fingerprint density at radius 3 is 2.72 bits per heavy atom. The molecule has 144 valence electrons. The molecule has 0 radical (unpaired) electrons. The van der Waals surface area contributed by atoms with Crippen LogP contribution in [0.3, 0.4) is 0 Å². The minimum absolute atomic E-state index is 0.0483. The number of hydrogen-bond acceptors (Lipinski definition) is 5. The van der Waals surface area contributed by atoms with Gasteiger partial charge in [0, 0.05) is 28.3 Å². The van der Waals surface area contributed by atoms with E-state index in [1.165, 1.54) is 22.8 Å². The number of fused-ring (bicyclic) bond motifs is 2. The normalized spacial score (nSPS) is 11.8. The first kappa shape index (κ1) is 18.9. The predicted molar refractivity (Wildman–Crippen MR) is 107 cm³/mol. The lowest BCUT2D eigenvalue weighted by Crippen LogP contribution is -2.16. The summed E-state index contributed by atoms with van der Waals surface area (Å²) in [5, 5.41) is 11.5. The summed E-state index contributed by atoms with van der Waals surface area (Å²) in [6.07, 6.45) is 5.35. The van der Waals surface area contributed by atoms with Crippen LogP contribution in [0, 0.1) is 34.1 Å². The SMILES string of the molecule is C#CCn1c(=NC(=O)c2cc3cc([N+](=O)[O-])ccc3s2)sc2cc(F)cc(F)c21. The summed E-state index contributed by atoms with van der Waals surface area (Å²) in [7, 11) is 0. The fraction of sp³-hybridized carbons (Fsp3) is 0.0526. The van der Waals surface area contributed by atoms with Gasteiger partial charge >= 0.3 is 0 Å². The van der Waals surface area contributed by atoms with E-state index in [9.17, 15) is 23.7 Å². The van der Waals surface area contributed by atoms with Crippen molar-refractivity contribution >= 4 is 54.6 Å². The number of benzene rings is 2. The van der Waals surface area contributed by atoms with Crippen LogP contribution in [0.1, 0.15) is 9.67 Å².